The van der Waals surface area contributed by atoms with E-state index in [2.05, 4.69) is 20.3 Å². The number of rotatable bonds is 2. The number of thiazole rings is 1. The van der Waals surface area contributed by atoms with Crippen LogP contribution in [-0.4, -0.2) is 20.9 Å². The number of hydrogen-bond acceptors (Lipinski definition) is 5. The van der Waals surface area contributed by atoms with Crippen molar-refractivity contribution in [3.05, 3.63) is 59.4 Å². The normalized spacial score (nSPS) is 11.1. The molecular formula is C18H14N4OS. The van der Waals surface area contributed by atoms with Gasteiger partial charge in [-0.05, 0) is 44.2 Å². The van der Waals surface area contributed by atoms with E-state index in [0.717, 1.165) is 32.6 Å². The number of para-hydroxylation sites is 1. The highest BCUT2D eigenvalue weighted by molar-refractivity contribution is 7.22. The number of anilines is 1. The predicted molar refractivity (Wildman–Crippen MR) is 96.6 cm³/mol. The average molecular weight is 334 g/mol. The molecule has 0 aliphatic carbocycles. The van der Waals surface area contributed by atoms with Gasteiger partial charge in [-0.3, -0.25) is 10.1 Å². The van der Waals surface area contributed by atoms with Gasteiger partial charge in [0.15, 0.2) is 5.13 Å². The van der Waals surface area contributed by atoms with Crippen LogP contribution in [0.15, 0.2) is 42.5 Å². The molecule has 2 aromatic heterocycles. The van der Waals surface area contributed by atoms with Gasteiger partial charge in [0.05, 0.1) is 32.6 Å². The van der Waals surface area contributed by atoms with Crippen molar-refractivity contribution >= 4 is 43.6 Å². The van der Waals surface area contributed by atoms with Crippen LogP contribution in [0.3, 0.4) is 0 Å². The Morgan fingerprint density at radius 3 is 2.46 bits per heavy atom. The minimum atomic E-state index is -0.198. The topological polar surface area (TPSA) is 67.8 Å². The van der Waals surface area contributed by atoms with Gasteiger partial charge in [0.2, 0.25) is 0 Å². The Bertz CT molecular complexity index is 1050. The molecule has 0 aliphatic heterocycles. The lowest BCUT2D eigenvalue weighted by molar-refractivity contribution is 0.102. The van der Waals surface area contributed by atoms with Crippen molar-refractivity contribution in [3.8, 4) is 0 Å². The Balaban J connectivity index is 1.66. The third-order valence-corrected chi connectivity index (χ3v) is 4.80. The summed E-state index contributed by atoms with van der Waals surface area (Å²) in [5.41, 5.74) is 4.69. The molecule has 6 heteroatoms. The minimum absolute atomic E-state index is 0.198. The van der Waals surface area contributed by atoms with Crippen molar-refractivity contribution in [2.45, 2.75) is 13.8 Å². The number of nitrogens with zero attached hydrogens (tertiary/aromatic N) is 3. The largest absolute Gasteiger partial charge is 0.298 e. The molecule has 0 spiro atoms. The second-order valence-electron chi connectivity index (χ2n) is 5.54. The van der Waals surface area contributed by atoms with Gasteiger partial charge in [-0.2, -0.15) is 0 Å². The third kappa shape index (κ3) is 2.61. The van der Waals surface area contributed by atoms with Crippen LogP contribution in [0.2, 0.25) is 0 Å². The molecule has 2 aromatic carbocycles. The van der Waals surface area contributed by atoms with E-state index in [0.29, 0.717) is 10.7 Å². The van der Waals surface area contributed by atoms with Crippen LogP contribution in [0.1, 0.15) is 21.7 Å². The van der Waals surface area contributed by atoms with E-state index >= 15 is 0 Å². The predicted octanol–water partition coefficient (Wildman–Crippen LogP) is 4.11. The number of hydrogen-bond donors (Lipinski definition) is 1. The third-order valence-electron chi connectivity index (χ3n) is 3.85. The first-order chi connectivity index (χ1) is 11.6. The second-order valence-corrected chi connectivity index (χ2v) is 6.57. The molecule has 1 amide bonds. The van der Waals surface area contributed by atoms with Gasteiger partial charge in [-0.25, -0.2) is 15.0 Å². The lowest BCUT2D eigenvalue weighted by Crippen LogP contribution is -2.11. The number of carbonyl (C=O) groups is 1. The molecule has 118 valence electrons. The molecule has 1 N–H and O–H groups in total. The van der Waals surface area contributed by atoms with Crippen molar-refractivity contribution in [3.63, 3.8) is 0 Å². The van der Waals surface area contributed by atoms with E-state index < -0.39 is 0 Å². The molecule has 4 rings (SSSR count). The van der Waals surface area contributed by atoms with Gasteiger partial charge in [-0.15, -0.1) is 0 Å². The standard InChI is InChI=1S/C18H14N4OS/c1-10-11(2)20-15-9-12(7-8-13(15)19-10)17(23)22-18-21-14-5-3-4-6-16(14)24-18/h3-9H,1-2H3,(H,21,22,23). The van der Waals surface area contributed by atoms with Crippen molar-refractivity contribution in [2.24, 2.45) is 0 Å². The Labute approximate surface area is 142 Å². The smallest absolute Gasteiger partial charge is 0.257 e. The Hall–Kier alpha value is -2.86. The van der Waals surface area contributed by atoms with Crippen molar-refractivity contribution in [1.82, 2.24) is 15.0 Å². The number of aromatic nitrogens is 3. The van der Waals surface area contributed by atoms with E-state index in [4.69, 9.17) is 0 Å². The van der Waals surface area contributed by atoms with Crippen LogP contribution >= 0.6 is 11.3 Å². The van der Waals surface area contributed by atoms with Crippen LogP contribution in [0.25, 0.3) is 21.3 Å². The lowest BCUT2D eigenvalue weighted by Gasteiger charge is -2.05. The molecule has 2 heterocycles. The number of aryl methyl sites for hydroxylation is 2. The minimum Gasteiger partial charge on any atom is -0.298 e. The Morgan fingerprint density at radius 1 is 0.917 bits per heavy atom. The van der Waals surface area contributed by atoms with Gasteiger partial charge in [0.1, 0.15) is 0 Å². The molecule has 0 aliphatic rings. The van der Waals surface area contributed by atoms with Crippen LogP contribution in [0, 0.1) is 13.8 Å². The van der Waals surface area contributed by atoms with Gasteiger partial charge in [0.25, 0.3) is 5.91 Å². The maximum atomic E-state index is 12.5. The zero-order valence-electron chi connectivity index (χ0n) is 13.2. The second kappa shape index (κ2) is 5.65. The summed E-state index contributed by atoms with van der Waals surface area (Å²) in [7, 11) is 0. The molecule has 0 unspecified atom stereocenters. The Morgan fingerprint density at radius 2 is 1.67 bits per heavy atom. The van der Waals surface area contributed by atoms with E-state index in [9.17, 15) is 4.79 Å². The summed E-state index contributed by atoms with van der Waals surface area (Å²) < 4.78 is 1.04. The first-order valence-electron chi connectivity index (χ1n) is 7.52. The van der Waals surface area contributed by atoms with Crippen LogP contribution in [-0.2, 0) is 0 Å². The summed E-state index contributed by atoms with van der Waals surface area (Å²) in [6.45, 7) is 3.84. The molecule has 0 saturated heterocycles. The summed E-state index contributed by atoms with van der Waals surface area (Å²) >= 11 is 1.46. The van der Waals surface area contributed by atoms with Crippen LogP contribution in [0.5, 0.6) is 0 Å². The molecule has 0 fully saturated rings. The van der Waals surface area contributed by atoms with E-state index in [1.165, 1.54) is 11.3 Å². The summed E-state index contributed by atoms with van der Waals surface area (Å²) in [5, 5.41) is 3.45. The van der Waals surface area contributed by atoms with Gasteiger partial charge < -0.3 is 0 Å². The number of fused-ring (bicyclic) bond motifs is 2. The van der Waals surface area contributed by atoms with Gasteiger partial charge in [-0.1, -0.05) is 23.5 Å². The van der Waals surface area contributed by atoms with Crippen LogP contribution in [0.4, 0.5) is 5.13 Å². The van der Waals surface area contributed by atoms with E-state index in [-0.39, 0.29) is 5.91 Å². The number of carbonyl (C=O) groups excluding carboxylic acids is 1. The summed E-state index contributed by atoms with van der Waals surface area (Å²) in [4.78, 5) is 25.9. The number of benzene rings is 2. The lowest BCUT2D eigenvalue weighted by atomic mass is 10.1. The number of amides is 1. The fourth-order valence-electron chi connectivity index (χ4n) is 2.47. The molecule has 0 bridgehead atoms. The molecule has 4 aromatic rings. The SMILES string of the molecule is Cc1nc2ccc(C(=O)Nc3nc4ccccc4s3)cc2nc1C. The molecule has 0 atom stereocenters. The fourth-order valence-corrected chi connectivity index (χ4v) is 3.33. The van der Waals surface area contributed by atoms with Crippen molar-refractivity contribution < 1.29 is 4.79 Å². The highest BCUT2D eigenvalue weighted by Gasteiger charge is 2.11. The average Bonchev–Trinajstić information content (AvgIpc) is 2.97. The van der Waals surface area contributed by atoms with E-state index in [1.807, 2.05) is 44.2 Å². The van der Waals surface area contributed by atoms with Crippen molar-refractivity contribution in [1.29, 1.82) is 0 Å². The molecular weight excluding hydrogens is 320 g/mol. The summed E-state index contributed by atoms with van der Waals surface area (Å²) in [5.74, 6) is -0.198. The molecule has 0 radical (unpaired) electrons. The maximum absolute atomic E-state index is 12.5. The number of nitrogens with one attached hydrogen (secondary N) is 1. The Kier molecular flexibility index (Phi) is 3.46. The van der Waals surface area contributed by atoms with Crippen molar-refractivity contribution in [2.75, 3.05) is 5.32 Å². The van der Waals surface area contributed by atoms with E-state index in [1.54, 1.807) is 12.1 Å². The highest BCUT2D eigenvalue weighted by atomic mass is 32.1. The first-order valence-corrected chi connectivity index (χ1v) is 8.34. The molecule has 5 nitrogen and oxygen atoms in total. The zero-order chi connectivity index (χ0) is 16.7. The van der Waals surface area contributed by atoms with Gasteiger partial charge in [0, 0.05) is 5.56 Å². The monoisotopic (exact) mass is 334 g/mol. The zero-order valence-corrected chi connectivity index (χ0v) is 14.0. The van der Waals surface area contributed by atoms with Crippen LogP contribution < -0.4 is 5.32 Å². The summed E-state index contributed by atoms with van der Waals surface area (Å²) in [6, 6.07) is 13.1. The quantitative estimate of drug-likeness (QED) is 0.599. The molecule has 24 heavy (non-hydrogen) atoms. The highest BCUT2D eigenvalue weighted by Crippen LogP contribution is 2.26. The summed E-state index contributed by atoms with van der Waals surface area (Å²) in [6.07, 6.45) is 0. The molecule has 0 saturated carbocycles. The maximum Gasteiger partial charge on any atom is 0.257 e. The van der Waals surface area contributed by atoms with Gasteiger partial charge >= 0.3 is 0 Å². The first kappa shape index (κ1) is 14.7. The fraction of sp³-hybridized carbons (Fsp3) is 0.111.